The fourth-order valence-electron chi connectivity index (χ4n) is 2.92. The summed E-state index contributed by atoms with van der Waals surface area (Å²) in [6, 6.07) is 13.8. The zero-order valence-corrected chi connectivity index (χ0v) is 12.9. The van der Waals surface area contributed by atoms with Gasteiger partial charge in [-0.05, 0) is 44.0 Å². The summed E-state index contributed by atoms with van der Waals surface area (Å²) in [5.41, 5.74) is 0.768. The molecule has 2 aromatic rings. The van der Waals surface area contributed by atoms with Crippen LogP contribution in [0.3, 0.4) is 0 Å². The third-order valence-electron chi connectivity index (χ3n) is 4.09. The average Bonchev–Trinajstić information content (AvgIpc) is 2.99. The van der Waals surface area contributed by atoms with Crippen molar-refractivity contribution in [1.82, 2.24) is 10.2 Å². The first-order valence-corrected chi connectivity index (χ1v) is 7.85. The fourth-order valence-corrected chi connectivity index (χ4v) is 2.92. The Bertz CT molecular complexity index is 621. The van der Waals surface area contributed by atoms with E-state index in [1.54, 1.807) is 0 Å². The van der Waals surface area contributed by atoms with Gasteiger partial charge in [-0.3, -0.25) is 4.79 Å². The lowest BCUT2D eigenvalue weighted by atomic mass is 10.0. The first-order chi connectivity index (χ1) is 10.7. The van der Waals surface area contributed by atoms with Gasteiger partial charge in [0.05, 0.1) is 6.54 Å². The van der Waals surface area contributed by atoms with Crippen molar-refractivity contribution in [2.45, 2.75) is 32.4 Å². The van der Waals surface area contributed by atoms with Crippen molar-refractivity contribution >= 4 is 5.91 Å². The van der Waals surface area contributed by atoms with E-state index in [4.69, 9.17) is 4.42 Å². The Labute approximate surface area is 131 Å². The number of rotatable bonds is 4. The SMILES string of the molecule is Cc1ccc(CN[C@@H]2CCCN(C(=O)c3ccccc3)C2)o1. The van der Waals surface area contributed by atoms with Crippen molar-refractivity contribution in [1.29, 1.82) is 0 Å². The molecule has 0 saturated carbocycles. The van der Waals surface area contributed by atoms with Crippen LogP contribution in [0.15, 0.2) is 46.9 Å². The second-order valence-corrected chi connectivity index (χ2v) is 5.85. The summed E-state index contributed by atoms with van der Waals surface area (Å²) in [6.07, 6.45) is 2.13. The van der Waals surface area contributed by atoms with Crippen LogP contribution in [-0.2, 0) is 6.54 Å². The number of carbonyl (C=O) groups is 1. The Hall–Kier alpha value is -2.07. The smallest absolute Gasteiger partial charge is 0.253 e. The molecule has 0 spiro atoms. The van der Waals surface area contributed by atoms with E-state index in [9.17, 15) is 4.79 Å². The molecule has 1 aliphatic rings. The number of nitrogens with zero attached hydrogens (tertiary/aromatic N) is 1. The minimum Gasteiger partial charge on any atom is -0.465 e. The van der Waals surface area contributed by atoms with Gasteiger partial charge in [0.1, 0.15) is 11.5 Å². The van der Waals surface area contributed by atoms with Crippen molar-refractivity contribution in [3.63, 3.8) is 0 Å². The molecule has 0 aliphatic carbocycles. The van der Waals surface area contributed by atoms with Crippen LogP contribution in [0.25, 0.3) is 0 Å². The summed E-state index contributed by atoms with van der Waals surface area (Å²) in [5.74, 6) is 2.01. The molecule has 4 nitrogen and oxygen atoms in total. The van der Waals surface area contributed by atoms with E-state index in [-0.39, 0.29) is 5.91 Å². The Morgan fingerprint density at radius 1 is 1.27 bits per heavy atom. The first kappa shape index (κ1) is 14.9. The number of piperidine rings is 1. The molecule has 1 N–H and O–H groups in total. The van der Waals surface area contributed by atoms with E-state index in [2.05, 4.69) is 5.32 Å². The highest BCUT2D eigenvalue weighted by Crippen LogP contribution is 2.15. The Morgan fingerprint density at radius 2 is 2.09 bits per heavy atom. The van der Waals surface area contributed by atoms with Gasteiger partial charge in [-0.15, -0.1) is 0 Å². The largest absolute Gasteiger partial charge is 0.465 e. The van der Waals surface area contributed by atoms with E-state index in [0.29, 0.717) is 12.6 Å². The van der Waals surface area contributed by atoms with Gasteiger partial charge in [0.2, 0.25) is 0 Å². The van der Waals surface area contributed by atoms with Crippen molar-refractivity contribution in [2.75, 3.05) is 13.1 Å². The number of furan rings is 1. The van der Waals surface area contributed by atoms with Crippen molar-refractivity contribution in [2.24, 2.45) is 0 Å². The van der Waals surface area contributed by atoms with Crippen LogP contribution in [0.4, 0.5) is 0 Å². The fraction of sp³-hybridized carbons (Fsp3) is 0.389. The number of benzene rings is 1. The summed E-state index contributed by atoms with van der Waals surface area (Å²) in [5, 5.41) is 3.50. The normalized spacial score (nSPS) is 18.4. The van der Waals surface area contributed by atoms with E-state index in [0.717, 1.165) is 43.0 Å². The van der Waals surface area contributed by atoms with Gasteiger partial charge >= 0.3 is 0 Å². The standard InChI is InChI=1S/C18H22N2O2/c1-14-9-10-17(22-14)12-19-16-8-5-11-20(13-16)18(21)15-6-3-2-4-7-15/h2-4,6-7,9-10,16,19H,5,8,11-13H2,1H3/t16-/m1/s1. The van der Waals surface area contributed by atoms with Gasteiger partial charge in [0.25, 0.3) is 5.91 Å². The highest BCUT2D eigenvalue weighted by molar-refractivity contribution is 5.94. The van der Waals surface area contributed by atoms with E-state index >= 15 is 0 Å². The topological polar surface area (TPSA) is 45.5 Å². The molecule has 1 amide bonds. The van der Waals surface area contributed by atoms with Crippen LogP contribution >= 0.6 is 0 Å². The molecule has 1 aromatic carbocycles. The second kappa shape index (κ2) is 6.79. The van der Waals surface area contributed by atoms with E-state index in [1.165, 1.54) is 0 Å². The molecule has 1 fully saturated rings. The Kier molecular flexibility index (Phi) is 4.59. The molecule has 1 aromatic heterocycles. The van der Waals surface area contributed by atoms with Crippen LogP contribution in [0.5, 0.6) is 0 Å². The zero-order valence-electron chi connectivity index (χ0n) is 12.9. The van der Waals surface area contributed by atoms with Crippen molar-refractivity contribution in [3.05, 3.63) is 59.5 Å². The average molecular weight is 298 g/mol. The number of aryl methyl sites for hydroxylation is 1. The summed E-state index contributed by atoms with van der Waals surface area (Å²) in [4.78, 5) is 14.5. The molecule has 1 aliphatic heterocycles. The van der Waals surface area contributed by atoms with Crippen LogP contribution in [0.1, 0.15) is 34.7 Å². The van der Waals surface area contributed by atoms with Gasteiger partial charge in [-0.25, -0.2) is 0 Å². The molecular formula is C18H22N2O2. The maximum atomic E-state index is 12.5. The lowest BCUT2D eigenvalue weighted by molar-refractivity contribution is 0.0693. The summed E-state index contributed by atoms with van der Waals surface area (Å²) < 4.78 is 5.58. The van der Waals surface area contributed by atoms with Crippen LogP contribution in [0.2, 0.25) is 0 Å². The predicted octanol–water partition coefficient (Wildman–Crippen LogP) is 2.98. The minimum absolute atomic E-state index is 0.126. The molecule has 1 saturated heterocycles. The third-order valence-corrected chi connectivity index (χ3v) is 4.09. The maximum absolute atomic E-state index is 12.5. The summed E-state index contributed by atoms with van der Waals surface area (Å²) in [6.45, 7) is 4.26. The molecule has 0 radical (unpaired) electrons. The van der Waals surface area contributed by atoms with Gasteiger partial charge in [-0.1, -0.05) is 18.2 Å². The Balaban J connectivity index is 1.56. The summed E-state index contributed by atoms with van der Waals surface area (Å²) >= 11 is 0. The van der Waals surface area contributed by atoms with Crippen LogP contribution < -0.4 is 5.32 Å². The number of carbonyl (C=O) groups excluding carboxylic acids is 1. The van der Waals surface area contributed by atoms with Gasteiger partial charge < -0.3 is 14.6 Å². The molecule has 4 heteroatoms. The Morgan fingerprint density at radius 3 is 2.82 bits per heavy atom. The van der Waals surface area contributed by atoms with Crippen molar-refractivity contribution < 1.29 is 9.21 Å². The zero-order chi connectivity index (χ0) is 15.4. The first-order valence-electron chi connectivity index (χ1n) is 7.85. The highest BCUT2D eigenvalue weighted by Gasteiger charge is 2.24. The molecule has 1 atom stereocenters. The van der Waals surface area contributed by atoms with Gasteiger partial charge in [-0.2, -0.15) is 0 Å². The molecule has 3 rings (SSSR count). The van der Waals surface area contributed by atoms with E-state index < -0.39 is 0 Å². The number of likely N-dealkylation sites (tertiary alicyclic amines) is 1. The quantitative estimate of drug-likeness (QED) is 0.944. The van der Waals surface area contributed by atoms with Gasteiger partial charge in [0.15, 0.2) is 0 Å². The third kappa shape index (κ3) is 3.57. The highest BCUT2D eigenvalue weighted by atomic mass is 16.3. The van der Waals surface area contributed by atoms with E-state index in [1.807, 2.05) is 54.3 Å². The molecule has 0 unspecified atom stereocenters. The number of hydrogen-bond acceptors (Lipinski definition) is 3. The second-order valence-electron chi connectivity index (χ2n) is 5.85. The molecule has 116 valence electrons. The number of amides is 1. The van der Waals surface area contributed by atoms with Crippen LogP contribution in [-0.4, -0.2) is 29.9 Å². The molecular weight excluding hydrogens is 276 g/mol. The lowest BCUT2D eigenvalue weighted by Crippen LogP contribution is -2.47. The number of nitrogens with one attached hydrogen (secondary N) is 1. The number of hydrogen-bond donors (Lipinski definition) is 1. The lowest BCUT2D eigenvalue weighted by Gasteiger charge is -2.33. The van der Waals surface area contributed by atoms with Crippen molar-refractivity contribution in [3.8, 4) is 0 Å². The minimum atomic E-state index is 0.126. The summed E-state index contributed by atoms with van der Waals surface area (Å²) in [7, 11) is 0. The molecule has 22 heavy (non-hydrogen) atoms. The van der Waals surface area contributed by atoms with Crippen LogP contribution in [0, 0.1) is 6.92 Å². The predicted molar refractivity (Wildman–Crippen MR) is 85.7 cm³/mol. The van der Waals surface area contributed by atoms with Gasteiger partial charge in [0, 0.05) is 24.7 Å². The molecule has 2 heterocycles. The monoisotopic (exact) mass is 298 g/mol. The molecule has 0 bridgehead atoms. The maximum Gasteiger partial charge on any atom is 0.253 e.